The number of hydrogen-bond donors (Lipinski definition) is 2. The Bertz CT molecular complexity index is 706. The molecule has 0 bridgehead atoms. The van der Waals surface area contributed by atoms with Crippen LogP contribution in [-0.2, 0) is 0 Å². The summed E-state index contributed by atoms with van der Waals surface area (Å²) < 4.78 is 5.61. The van der Waals surface area contributed by atoms with Gasteiger partial charge in [-0.1, -0.05) is 6.07 Å². The Morgan fingerprint density at radius 1 is 1.53 bits per heavy atom. The van der Waals surface area contributed by atoms with Crippen molar-refractivity contribution in [3.05, 3.63) is 44.0 Å². The van der Waals surface area contributed by atoms with Gasteiger partial charge in [-0.25, -0.2) is 4.98 Å². The maximum atomic E-state index is 11.5. The predicted octanol–water partition coefficient (Wildman–Crippen LogP) is 2.00. The first-order valence-electron chi connectivity index (χ1n) is 5.24. The third-order valence-electron chi connectivity index (χ3n) is 2.41. The van der Waals surface area contributed by atoms with Crippen LogP contribution in [0.4, 0.5) is 11.5 Å². The highest BCUT2D eigenvalue weighted by Crippen LogP contribution is 2.30. The first kappa shape index (κ1) is 13.4. The minimum atomic E-state index is -0.244. The third-order valence-corrected chi connectivity index (χ3v) is 3.41. The number of aromatic nitrogens is 2. The molecule has 0 fully saturated rings. The van der Waals surface area contributed by atoms with Gasteiger partial charge >= 0.3 is 0 Å². The molecule has 96 valence electrons. The number of methoxy groups -OCH3 is 1. The van der Waals surface area contributed by atoms with Gasteiger partial charge < -0.3 is 15.0 Å². The summed E-state index contributed by atoms with van der Waals surface area (Å²) in [7, 11) is 1.51. The van der Waals surface area contributed by atoms with Crippen molar-refractivity contribution in [3.63, 3.8) is 0 Å². The average molecular weight is 368 g/mol. The molecular weight excluding hydrogens is 359 g/mol. The number of para-hydroxylation sites is 1. The molecule has 2 aromatic rings. The van der Waals surface area contributed by atoms with Crippen molar-refractivity contribution in [2.45, 2.75) is 0 Å². The lowest BCUT2D eigenvalue weighted by molar-refractivity contribution is 0.416. The van der Waals surface area contributed by atoms with Gasteiger partial charge in [0.05, 0.1) is 19.0 Å². The molecule has 0 aliphatic carbocycles. The summed E-state index contributed by atoms with van der Waals surface area (Å²) in [5.41, 5.74) is 0.659. The number of H-pyrrole nitrogens is 1. The monoisotopic (exact) mass is 368 g/mol. The van der Waals surface area contributed by atoms with E-state index in [-0.39, 0.29) is 5.56 Å². The number of rotatable bonds is 3. The van der Waals surface area contributed by atoms with E-state index in [1.54, 1.807) is 18.2 Å². The Hall–Kier alpha value is -2.08. The summed E-state index contributed by atoms with van der Waals surface area (Å²) in [4.78, 5) is 18.0. The molecule has 2 N–H and O–H groups in total. The third kappa shape index (κ3) is 2.68. The molecule has 1 aromatic carbocycles. The normalized spacial score (nSPS) is 9.74. The van der Waals surface area contributed by atoms with Crippen molar-refractivity contribution in [1.29, 1.82) is 5.26 Å². The highest BCUT2D eigenvalue weighted by atomic mass is 127. The van der Waals surface area contributed by atoms with E-state index in [9.17, 15) is 4.79 Å². The quantitative estimate of drug-likeness (QED) is 0.809. The highest BCUT2D eigenvalue weighted by molar-refractivity contribution is 14.1. The zero-order chi connectivity index (χ0) is 13.8. The lowest BCUT2D eigenvalue weighted by Crippen LogP contribution is -2.13. The number of anilines is 2. The summed E-state index contributed by atoms with van der Waals surface area (Å²) in [6.45, 7) is 0. The van der Waals surface area contributed by atoms with E-state index in [1.165, 1.54) is 13.4 Å². The number of halogens is 1. The van der Waals surface area contributed by atoms with E-state index >= 15 is 0 Å². The van der Waals surface area contributed by atoms with E-state index in [2.05, 4.69) is 21.4 Å². The van der Waals surface area contributed by atoms with Crippen molar-refractivity contribution in [2.24, 2.45) is 0 Å². The molecule has 6 nitrogen and oxygen atoms in total. The fourth-order valence-corrected chi connectivity index (χ4v) is 1.94. The van der Waals surface area contributed by atoms with E-state index in [1.807, 2.05) is 22.6 Å². The average Bonchev–Trinajstić information content (AvgIpc) is 2.44. The molecule has 0 aliphatic heterocycles. The molecule has 0 saturated heterocycles. The standard InChI is InChI=1S/C12H9IN4O2/c1-19-8-4-2-3-7(5-14)10(8)17-11-9(13)12(18)16-6-15-11/h2-4,6H,1H3,(H2,15,16,17,18). The summed E-state index contributed by atoms with van der Waals surface area (Å²) >= 11 is 1.89. The summed E-state index contributed by atoms with van der Waals surface area (Å²) in [6, 6.07) is 7.17. The molecule has 1 heterocycles. The van der Waals surface area contributed by atoms with Crippen LogP contribution >= 0.6 is 22.6 Å². The Morgan fingerprint density at radius 3 is 3.00 bits per heavy atom. The fourth-order valence-electron chi connectivity index (χ4n) is 1.51. The van der Waals surface area contributed by atoms with Crippen molar-refractivity contribution in [2.75, 3.05) is 12.4 Å². The predicted molar refractivity (Wildman–Crippen MR) is 78.6 cm³/mol. The zero-order valence-corrected chi connectivity index (χ0v) is 12.1. The SMILES string of the molecule is COc1cccc(C#N)c1Nc1nc[nH]c(=O)c1I. The first-order valence-corrected chi connectivity index (χ1v) is 6.32. The topological polar surface area (TPSA) is 90.8 Å². The van der Waals surface area contributed by atoms with Crippen LogP contribution in [0.5, 0.6) is 5.75 Å². The number of hydrogen-bond acceptors (Lipinski definition) is 5. The Morgan fingerprint density at radius 2 is 2.32 bits per heavy atom. The molecule has 0 saturated carbocycles. The number of nitrogens with one attached hydrogen (secondary N) is 2. The number of ether oxygens (including phenoxy) is 1. The van der Waals surface area contributed by atoms with Crippen molar-refractivity contribution in [3.8, 4) is 11.8 Å². The maximum Gasteiger partial charge on any atom is 0.266 e. The second-order valence-electron chi connectivity index (χ2n) is 3.51. The van der Waals surface area contributed by atoms with E-state index in [0.717, 1.165) is 0 Å². The van der Waals surface area contributed by atoms with E-state index in [0.29, 0.717) is 26.4 Å². The number of benzene rings is 1. The van der Waals surface area contributed by atoms with Crippen LogP contribution in [0.15, 0.2) is 29.3 Å². The Labute approximate surface area is 122 Å². The summed E-state index contributed by atoms with van der Waals surface area (Å²) in [5, 5.41) is 12.1. The smallest absolute Gasteiger partial charge is 0.266 e. The van der Waals surface area contributed by atoms with Crippen molar-refractivity contribution >= 4 is 34.1 Å². The maximum absolute atomic E-state index is 11.5. The molecule has 0 atom stereocenters. The molecule has 0 amide bonds. The molecule has 0 unspecified atom stereocenters. The van der Waals surface area contributed by atoms with Gasteiger partial charge in [0.2, 0.25) is 0 Å². The van der Waals surface area contributed by atoms with Crippen LogP contribution in [0.25, 0.3) is 0 Å². The van der Waals surface area contributed by atoms with E-state index in [4.69, 9.17) is 10.00 Å². The van der Waals surface area contributed by atoms with Crippen LogP contribution < -0.4 is 15.6 Å². The number of aromatic amines is 1. The fraction of sp³-hybridized carbons (Fsp3) is 0.0833. The Kier molecular flexibility index (Phi) is 4.01. The van der Waals surface area contributed by atoms with Gasteiger partial charge in [-0.15, -0.1) is 0 Å². The van der Waals surface area contributed by atoms with Crippen molar-refractivity contribution in [1.82, 2.24) is 9.97 Å². The lowest BCUT2D eigenvalue weighted by Gasteiger charge is -2.12. The largest absolute Gasteiger partial charge is 0.495 e. The highest BCUT2D eigenvalue weighted by Gasteiger charge is 2.12. The molecule has 2 rings (SSSR count). The van der Waals surface area contributed by atoms with Gasteiger partial charge in [-0.3, -0.25) is 4.79 Å². The molecular formula is C12H9IN4O2. The Balaban J connectivity index is 2.52. The molecule has 0 aliphatic rings. The minimum Gasteiger partial charge on any atom is -0.495 e. The minimum absolute atomic E-state index is 0.244. The lowest BCUT2D eigenvalue weighted by atomic mass is 10.2. The van der Waals surface area contributed by atoms with Gasteiger partial charge in [0, 0.05) is 0 Å². The van der Waals surface area contributed by atoms with Crippen molar-refractivity contribution < 1.29 is 4.74 Å². The number of nitrogens with zero attached hydrogens (tertiary/aromatic N) is 2. The molecule has 0 spiro atoms. The second-order valence-corrected chi connectivity index (χ2v) is 4.59. The summed E-state index contributed by atoms with van der Waals surface area (Å²) in [6.07, 6.45) is 1.30. The molecule has 1 aromatic heterocycles. The van der Waals surface area contributed by atoms with Crippen LogP contribution in [0.2, 0.25) is 0 Å². The van der Waals surface area contributed by atoms with Gasteiger partial charge in [0.15, 0.2) is 5.82 Å². The number of nitriles is 1. The van der Waals surface area contributed by atoms with Gasteiger partial charge in [-0.2, -0.15) is 5.26 Å². The second kappa shape index (κ2) is 5.71. The molecule has 19 heavy (non-hydrogen) atoms. The van der Waals surface area contributed by atoms with Gasteiger partial charge in [-0.05, 0) is 34.7 Å². The first-order chi connectivity index (χ1) is 9.17. The molecule has 0 radical (unpaired) electrons. The van der Waals surface area contributed by atoms with Gasteiger partial charge in [0.25, 0.3) is 5.56 Å². The van der Waals surface area contributed by atoms with Crippen LogP contribution in [0, 0.1) is 14.9 Å². The molecule has 7 heteroatoms. The van der Waals surface area contributed by atoms with E-state index < -0.39 is 0 Å². The van der Waals surface area contributed by atoms with Crippen LogP contribution in [0.1, 0.15) is 5.56 Å². The summed E-state index contributed by atoms with van der Waals surface area (Å²) in [5.74, 6) is 0.891. The van der Waals surface area contributed by atoms with Crippen LogP contribution in [-0.4, -0.2) is 17.1 Å². The van der Waals surface area contributed by atoms with Gasteiger partial charge in [0.1, 0.15) is 21.1 Å². The van der Waals surface area contributed by atoms with Crippen LogP contribution in [0.3, 0.4) is 0 Å². The zero-order valence-electron chi connectivity index (χ0n) is 9.90.